The third-order valence-electron chi connectivity index (χ3n) is 3.50. The summed E-state index contributed by atoms with van der Waals surface area (Å²) in [7, 11) is 0. The topological polar surface area (TPSA) is 119 Å². The molecular formula is C17H11N4O3-. The van der Waals surface area contributed by atoms with Crippen LogP contribution in [0.25, 0.3) is 22.7 Å². The van der Waals surface area contributed by atoms with Crippen molar-refractivity contribution >= 4 is 28.4 Å². The van der Waals surface area contributed by atoms with Gasteiger partial charge in [-0.3, -0.25) is 10.1 Å². The zero-order valence-corrected chi connectivity index (χ0v) is 12.6. The molecule has 0 saturated carbocycles. The maximum Gasteiger partial charge on any atom is 0.262 e. The van der Waals surface area contributed by atoms with E-state index in [0.717, 1.165) is 28.7 Å². The maximum absolute atomic E-state index is 11.4. The van der Waals surface area contributed by atoms with Crippen LogP contribution in [0.15, 0.2) is 36.4 Å². The van der Waals surface area contributed by atoms with E-state index in [4.69, 9.17) is 0 Å². The van der Waals surface area contributed by atoms with Gasteiger partial charge in [-0.2, -0.15) is 5.26 Å². The number of benzene rings is 2. The molecule has 2 aromatic carbocycles. The van der Waals surface area contributed by atoms with Gasteiger partial charge < -0.3 is 10.1 Å². The van der Waals surface area contributed by atoms with Gasteiger partial charge in [0.2, 0.25) is 0 Å². The number of nitriles is 1. The van der Waals surface area contributed by atoms with E-state index in [1.807, 2.05) is 31.2 Å². The number of nitrogens with one attached hydrogen (secondary N) is 1. The lowest BCUT2D eigenvalue weighted by Crippen LogP contribution is -1.97. The van der Waals surface area contributed by atoms with Crippen molar-refractivity contribution < 1.29 is 10.0 Å². The fourth-order valence-electron chi connectivity index (χ4n) is 2.34. The Balaban J connectivity index is 2.07. The van der Waals surface area contributed by atoms with E-state index in [-0.39, 0.29) is 5.57 Å². The number of aryl methyl sites for hydroxylation is 1. The summed E-state index contributed by atoms with van der Waals surface area (Å²) in [6.07, 6.45) is 1.46. The summed E-state index contributed by atoms with van der Waals surface area (Å²) in [5.74, 6) is -0.304. The van der Waals surface area contributed by atoms with Crippen molar-refractivity contribution in [1.82, 2.24) is 9.97 Å². The first-order chi connectivity index (χ1) is 11.5. The Kier molecular flexibility index (Phi) is 3.72. The number of nitrogens with zero attached hydrogens (tertiary/aromatic N) is 3. The van der Waals surface area contributed by atoms with E-state index in [2.05, 4.69) is 9.97 Å². The Morgan fingerprint density at radius 3 is 2.83 bits per heavy atom. The summed E-state index contributed by atoms with van der Waals surface area (Å²) in [6, 6.07) is 11.4. The average molecular weight is 319 g/mol. The Hall–Kier alpha value is -3.66. The first kappa shape index (κ1) is 15.2. The molecule has 0 unspecified atom stereocenters. The van der Waals surface area contributed by atoms with Crippen molar-refractivity contribution in [2.45, 2.75) is 6.92 Å². The van der Waals surface area contributed by atoms with Gasteiger partial charge in [0.1, 0.15) is 11.9 Å². The van der Waals surface area contributed by atoms with Crippen LogP contribution in [-0.4, -0.2) is 14.9 Å². The van der Waals surface area contributed by atoms with Crippen LogP contribution in [0.5, 0.6) is 5.75 Å². The van der Waals surface area contributed by atoms with E-state index in [0.29, 0.717) is 11.4 Å². The molecule has 0 aliphatic rings. The molecule has 0 radical (unpaired) electrons. The van der Waals surface area contributed by atoms with Crippen molar-refractivity contribution in [2.75, 3.05) is 0 Å². The van der Waals surface area contributed by atoms with Crippen molar-refractivity contribution in [2.24, 2.45) is 0 Å². The number of aromatic amines is 1. The van der Waals surface area contributed by atoms with Crippen molar-refractivity contribution in [1.29, 1.82) is 5.26 Å². The molecule has 1 N–H and O–H groups in total. The van der Waals surface area contributed by atoms with Gasteiger partial charge in [0.05, 0.1) is 21.5 Å². The van der Waals surface area contributed by atoms with Gasteiger partial charge >= 0.3 is 0 Å². The monoisotopic (exact) mass is 319 g/mol. The molecule has 7 heteroatoms. The first-order valence-corrected chi connectivity index (χ1v) is 7.02. The Labute approximate surface area is 136 Å². The lowest BCUT2D eigenvalue weighted by molar-refractivity contribution is -0.398. The Morgan fingerprint density at radius 2 is 2.12 bits per heavy atom. The van der Waals surface area contributed by atoms with Gasteiger partial charge in [0, 0.05) is 6.07 Å². The number of allylic oxidation sites excluding steroid dienone is 1. The van der Waals surface area contributed by atoms with Gasteiger partial charge in [0.15, 0.2) is 0 Å². The number of rotatable bonds is 3. The molecule has 24 heavy (non-hydrogen) atoms. The quantitative estimate of drug-likeness (QED) is 0.452. The molecule has 0 fully saturated rings. The second-order valence-electron chi connectivity index (χ2n) is 5.26. The third kappa shape index (κ3) is 2.80. The summed E-state index contributed by atoms with van der Waals surface area (Å²) in [5.41, 5.74) is 2.65. The van der Waals surface area contributed by atoms with Crippen LogP contribution in [0.1, 0.15) is 17.0 Å². The molecular weight excluding hydrogens is 308 g/mol. The molecule has 0 spiro atoms. The van der Waals surface area contributed by atoms with E-state index in [1.54, 1.807) is 0 Å². The molecule has 0 aliphatic heterocycles. The van der Waals surface area contributed by atoms with Gasteiger partial charge in [-0.1, -0.05) is 18.2 Å². The number of hydrogen-bond donors (Lipinski definition) is 1. The number of nitro groups is 1. The molecule has 0 aliphatic carbocycles. The summed E-state index contributed by atoms with van der Waals surface area (Å²) >= 11 is 0. The van der Waals surface area contributed by atoms with Crippen LogP contribution in [0.2, 0.25) is 0 Å². The molecule has 7 nitrogen and oxygen atoms in total. The highest BCUT2D eigenvalue weighted by Crippen LogP contribution is 2.26. The van der Waals surface area contributed by atoms with Crippen LogP contribution in [-0.2, 0) is 0 Å². The van der Waals surface area contributed by atoms with E-state index in [1.165, 1.54) is 12.1 Å². The maximum atomic E-state index is 11.4. The highest BCUT2D eigenvalue weighted by atomic mass is 16.6. The second-order valence-corrected chi connectivity index (χ2v) is 5.26. The van der Waals surface area contributed by atoms with Crippen molar-refractivity contribution in [3.05, 3.63) is 63.5 Å². The summed E-state index contributed by atoms with van der Waals surface area (Å²) in [6.45, 7) is 1.95. The Bertz CT molecular complexity index is 1030. The summed E-state index contributed by atoms with van der Waals surface area (Å²) in [4.78, 5) is 17.5. The third-order valence-corrected chi connectivity index (χ3v) is 3.50. The molecule has 0 saturated heterocycles. The smallest absolute Gasteiger partial charge is 0.262 e. The molecule has 3 rings (SSSR count). The summed E-state index contributed by atoms with van der Waals surface area (Å²) in [5, 5.41) is 31.7. The molecule has 118 valence electrons. The fourth-order valence-corrected chi connectivity index (χ4v) is 2.34. The first-order valence-electron chi connectivity index (χ1n) is 7.02. The van der Waals surface area contributed by atoms with E-state index >= 15 is 0 Å². The molecule has 1 heterocycles. The van der Waals surface area contributed by atoms with Crippen molar-refractivity contribution in [3.63, 3.8) is 0 Å². The van der Waals surface area contributed by atoms with Crippen molar-refractivity contribution in [3.8, 4) is 11.8 Å². The SMILES string of the molecule is Cc1ccc2nc(/C(C#N)=C/c3ccc([O-])c([N+](=O)[O-])c3)[nH]c2c1. The highest BCUT2D eigenvalue weighted by Gasteiger charge is 2.11. The van der Waals surface area contributed by atoms with E-state index in [9.17, 15) is 20.5 Å². The van der Waals surface area contributed by atoms with Crippen LogP contribution >= 0.6 is 0 Å². The number of fused-ring (bicyclic) bond motifs is 1. The molecule has 0 amide bonds. The number of imidazole rings is 1. The van der Waals surface area contributed by atoms with Crippen LogP contribution in [0, 0.1) is 28.4 Å². The zero-order valence-electron chi connectivity index (χ0n) is 12.6. The molecule has 3 aromatic rings. The molecule has 0 atom stereocenters. The van der Waals surface area contributed by atoms with Gasteiger partial charge in [-0.15, -0.1) is 0 Å². The second kappa shape index (κ2) is 5.85. The molecule has 1 aromatic heterocycles. The lowest BCUT2D eigenvalue weighted by Gasteiger charge is -2.06. The standard InChI is InChI=1S/C17H12N4O3/c1-10-2-4-13-14(6-10)20-17(19-13)12(9-18)7-11-3-5-16(22)15(8-11)21(23)24/h2-8,22H,1H3,(H,19,20)/p-1/b12-7+. The number of nitro benzene ring substituents is 1. The van der Waals surface area contributed by atoms with Gasteiger partial charge in [0.25, 0.3) is 5.69 Å². The number of hydrogen-bond acceptors (Lipinski definition) is 5. The largest absolute Gasteiger partial charge is 0.868 e. The lowest BCUT2D eigenvalue weighted by atomic mass is 10.1. The van der Waals surface area contributed by atoms with Gasteiger partial charge in [-0.05, 0) is 42.0 Å². The van der Waals surface area contributed by atoms with Gasteiger partial charge in [-0.25, -0.2) is 4.98 Å². The highest BCUT2D eigenvalue weighted by molar-refractivity contribution is 5.90. The molecule has 0 bridgehead atoms. The minimum absolute atomic E-state index is 0.219. The zero-order chi connectivity index (χ0) is 17.3. The van der Waals surface area contributed by atoms with E-state index < -0.39 is 16.4 Å². The van der Waals surface area contributed by atoms with Crippen LogP contribution < -0.4 is 5.11 Å². The number of H-pyrrole nitrogens is 1. The fraction of sp³-hybridized carbons (Fsp3) is 0.0588. The summed E-state index contributed by atoms with van der Waals surface area (Å²) < 4.78 is 0. The minimum atomic E-state index is -0.740. The minimum Gasteiger partial charge on any atom is -0.868 e. The number of aromatic nitrogens is 2. The predicted octanol–water partition coefficient (Wildman–Crippen LogP) is 2.92. The Morgan fingerprint density at radius 1 is 1.33 bits per heavy atom. The predicted molar refractivity (Wildman–Crippen MR) is 86.9 cm³/mol. The van der Waals surface area contributed by atoms with Crippen LogP contribution in [0.3, 0.4) is 0 Å². The van der Waals surface area contributed by atoms with Crippen LogP contribution in [0.4, 0.5) is 5.69 Å². The average Bonchev–Trinajstić information content (AvgIpc) is 2.96. The normalized spacial score (nSPS) is 11.4.